The quantitative estimate of drug-likeness (QED) is 0.285. The third-order valence-electron chi connectivity index (χ3n) is 7.98. The summed E-state index contributed by atoms with van der Waals surface area (Å²) < 4.78 is 0. The molecular weight excluding hydrogens is 542 g/mol. The molecule has 2 saturated heterocycles. The summed E-state index contributed by atoms with van der Waals surface area (Å²) in [6, 6.07) is 17.3. The van der Waals surface area contributed by atoms with Gasteiger partial charge in [0.25, 0.3) is 17.5 Å². The molecule has 9 nitrogen and oxygen atoms in total. The number of para-hydroxylation sites is 1. The number of hydrogen-bond donors (Lipinski definition) is 1. The van der Waals surface area contributed by atoms with Gasteiger partial charge in [0.05, 0.1) is 32.6 Å². The van der Waals surface area contributed by atoms with Crippen LogP contribution in [0.25, 0.3) is 0 Å². The van der Waals surface area contributed by atoms with Gasteiger partial charge in [-0.2, -0.15) is 0 Å². The van der Waals surface area contributed by atoms with Crippen molar-refractivity contribution < 1.29 is 14.5 Å². The molecule has 5 rings (SSSR count). The number of piperazine rings is 1. The summed E-state index contributed by atoms with van der Waals surface area (Å²) in [6.45, 7) is 7.86. The van der Waals surface area contributed by atoms with Crippen molar-refractivity contribution >= 4 is 46.2 Å². The first-order valence-electron chi connectivity index (χ1n) is 14.0. The van der Waals surface area contributed by atoms with Gasteiger partial charge in [0.2, 0.25) is 0 Å². The SMILES string of the molecule is Cc1ccc(C(=O)N2CCN(c3c(Cl)cccc3NC(=O)c3cc([N+](=O)[O-])ccc3N3CCC(C)CC3)CC2)cc1. The molecular formula is C31H34ClN5O4. The summed E-state index contributed by atoms with van der Waals surface area (Å²) in [7, 11) is 0. The van der Waals surface area contributed by atoms with Crippen molar-refractivity contribution in [1.82, 2.24) is 4.90 Å². The van der Waals surface area contributed by atoms with Crippen LogP contribution < -0.4 is 15.1 Å². The molecule has 41 heavy (non-hydrogen) atoms. The van der Waals surface area contributed by atoms with Gasteiger partial charge < -0.3 is 20.0 Å². The highest BCUT2D eigenvalue weighted by atomic mass is 35.5. The van der Waals surface area contributed by atoms with E-state index in [4.69, 9.17) is 11.6 Å². The zero-order valence-corrected chi connectivity index (χ0v) is 24.1. The Balaban J connectivity index is 1.36. The minimum Gasteiger partial charge on any atom is -0.371 e. The number of aryl methyl sites for hydroxylation is 1. The van der Waals surface area contributed by atoms with E-state index in [2.05, 4.69) is 22.0 Å². The van der Waals surface area contributed by atoms with Gasteiger partial charge in [-0.3, -0.25) is 19.7 Å². The van der Waals surface area contributed by atoms with Crippen LogP contribution in [0.2, 0.25) is 5.02 Å². The van der Waals surface area contributed by atoms with Crippen LogP contribution in [0.1, 0.15) is 46.0 Å². The number of anilines is 3. The molecule has 2 heterocycles. The first kappa shape index (κ1) is 28.4. The van der Waals surface area contributed by atoms with Crippen LogP contribution in [0.15, 0.2) is 60.7 Å². The zero-order valence-electron chi connectivity index (χ0n) is 23.3. The van der Waals surface area contributed by atoms with Gasteiger partial charge >= 0.3 is 0 Å². The molecule has 3 aromatic rings. The highest BCUT2D eigenvalue weighted by Crippen LogP contribution is 2.36. The summed E-state index contributed by atoms with van der Waals surface area (Å²) in [4.78, 5) is 43.8. The van der Waals surface area contributed by atoms with Crippen molar-refractivity contribution in [3.05, 3.63) is 92.5 Å². The van der Waals surface area contributed by atoms with Gasteiger partial charge in [0.15, 0.2) is 0 Å². The van der Waals surface area contributed by atoms with Gasteiger partial charge in [-0.15, -0.1) is 0 Å². The Morgan fingerprint density at radius 3 is 2.27 bits per heavy atom. The Morgan fingerprint density at radius 1 is 0.927 bits per heavy atom. The van der Waals surface area contributed by atoms with E-state index in [9.17, 15) is 19.7 Å². The summed E-state index contributed by atoms with van der Waals surface area (Å²) in [5.41, 5.74) is 3.76. The second-order valence-electron chi connectivity index (χ2n) is 10.9. The Morgan fingerprint density at radius 2 is 1.61 bits per heavy atom. The van der Waals surface area contributed by atoms with Gasteiger partial charge in [-0.25, -0.2) is 0 Å². The molecule has 0 bridgehead atoms. The van der Waals surface area contributed by atoms with Gasteiger partial charge in [0, 0.05) is 57.0 Å². The van der Waals surface area contributed by atoms with Crippen LogP contribution >= 0.6 is 11.6 Å². The number of piperidine rings is 1. The summed E-state index contributed by atoms with van der Waals surface area (Å²) in [6.07, 6.45) is 1.99. The fourth-order valence-corrected chi connectivity index (χ4v) is 5.78. The number of carbonyl (C=O) groups is 2. The molecule has 3 aromatic carbocycles. The molecule has 0 unspecified atom stereocenters. The second kappa shape index (κ2) is 12.2. The minimum absolute atomic E-state index is 0.0114. The zero-order chi connectivity index (χ0) is 29.1. The van der Waals surface area contributed by atoms with Crippen LogP contribution in [-0.4, -0.2) is 60.9 Å². The van der Waals surface area contributed by atoms with E-state index in [1.807, 2.05) is 36.1 Å². The number of nitrogens with zero attached hydrogens (tertiary/aromatic N) is 4. The molecule has 1 N–H and O–H groups in total. The maximum atomic E-state index is 13.7. The maximum Gasteiger partial charge on any atom is 0.270 e. The van der Waals surface area contributed by atoms with Crippen LogP contribution in [0.4, 0.5) is 22.7 Å². The molecule has 2 amide bonds. The number of nitro benzene ring substituents is 1. The number of halogens is 1. The molecule has 214 valence electrons. The summed E-state index contributed by atoms with van der Waals surface area (Å²) in [5, 5.41) is 15.0. The molecule has 2 aliphatic rings. The molecule has 2 aliphatic heterocycles. The van der Waals surface area contributed by atoms with Crippen molar-refractivity contribution in [3.8, 4) is 0 Å². The van der Waals surface area contributed by atoms with E-state index in [-0.39, 0.29) is 17.2 Å². The maximum absolute atomic E-state index is 13.7. The van der Waals surface area contributed by atoms with Crippen molar-refractivity contribution in [2.45, 2.75) is 26.7 Å². The fraction of sp³-hybridized carbons (Fsp3) is 0.355. The van der Waals surface area contributed by atoms with Gasteiger partial charge in [0.1, 0.15) is 0 Å². The highest BCUT2D eigenvalue weighted by Gasteiger charge is 2.27. The van der Waals surface area contributed by atoms with E-state index in [0.29, 0.717) is 59.7 Å². The molecule has 2 fully saturated rings. The van der Waals surface area contributed by atoms with E-state index in [1.54, 1.807) is 24.3 Å². The predicted octanol–water partition coefficient (Wildman–Crippen LogP) is 6.01. The van der Waals surface area contributed by atoms with Gasteiger partial charge in [-0.1, -0.05) is 42.3 Å². The number of rotatable bonds is 6. The Bertz CT molecular complexity index is 1450. The monoisotopic (exact) mass is 575 g/mol. The first-order valence-corrected chi connectivity index (χ1v) is 14.3. The smallest absolute Gasteiger partial charge is 0.270 e. The lowest BCUT2D eigenvalue weighted by atomic mass is 9.97. The standard InChI is InChI=1S/C31H34ClN5O4/c1-21-6-8-23(9-7-21)31(39)36-18-16-35(17-19-36)29-26(32)4-3-5-27(29)33-30(38)25-20-24(37(40)41)10-11-28(25)34-14-12-22(2)13-15-34/h3-11,20,22H,12-19H2,1-2H3,(H,33,38). The normalized spacial score (nSPS) is 16.0. The highest BCUT2D eigenvalue weighted by molar-refractivity contribution is 6.34. The van der Waals surface area contributed by atoms with Crippen molar-refractivity contribution in [3.63, 3.8) is 0 Å². The van der Waals surface area contributed by atoms with E-state index >= 15 is 0 Å². The summed E-state index contributed by atoms with van der Waals surface area (Å²) in [5.74, 6) is 0.157. The molecule has 0 aromatic heterocycles. The van der Waals surface area contributed by atoms with Crippen molar-refractivity contribution in [2.75, 3.05) is 54.4 Å². The molecule has 0 spiro atoms. The molecule has 0 atom stereocenters. The third kappa shape index (κ3) is 6.30. The number of nitrogens with one attached hydrogen (secondary N) is 1. The molecule has 0 aliphatic carbocycles. The number of benzene rings is 3. The first-order chi connectivity index (χ1) is 19.7. The third-order valence-corrected chi connectivity index (χ3v) is 8.28. The Kier molecular flexibility index (Phi) is 8.44. The largest absolute Gasteiger partial charge is 0.371 e. The fourth-order valence-electron chi connectivity index (χ4n) is 5.48. The Hall–Kier alpha value is -4.11. The molecule has 0 saturated carbocycles. The number of hydrogen-bond acceptors (Lipinski definition) is 6. The summed E-state index contributed by atoms with van der Waals surface area (Å²) >= 11 is 6.66. The van der Waals surface area contributed by atoms with Crippen LogP contribution in [0.3, 0.4) is 0 Å². The van der Waals surface area contributed by atoms with Crippen LogP contribution in [-0.2, 0) is 0 Å². The van der Waals surface area contributed by atoms with Crippen LogP contribution in [0, 0.1) is 23.0 Å². The number of carbonyl (C=O) groups excluding carboxylic acids is 2. The Labute approximate surface area is 244 Å². The predicted molar refractivity (Wildman–Crippen MR) is 162 cm³/mol. The second-order valence-corrected chi connectivity index (χ2v) is 11.3. The van der Waals surface area contributed by atoms with E-state index < -0.39 is 10.8 Å². The lowest BCUT2D eigenvalue weighted by Crippen LogP contribution is -2.49. The topological polar surface area (TPSA) is 99.0 Å². The lowest BCUT2D eigenvalue weighted by Gasteiger charge is -2.37. The van der Waals surface area contributed by atoms with E-state index in [1.165, 1.54) is 12.1 Å². The van der Waals surface area contributed by atoms with Crippen LogP contribution in [0.5, 0.6) is 0 Å². The number of nitro groups is 1. The molecule has 0 radical (unpaired) electrons. The minimum atomic E-state index is -0.485. The van der Waals surface area contributed by atoms with Crippen molar-refractivity contribution in [1.29, 1.82) is 0 Å². The molecule has 10 heteroatoms. The number of amides is 2. The number of non-ortho nitro benzene ring substituents is 1. The van der Waals surface area contributed by atoms with E-state index in [0.717, 1.165) is 31.5 Å². The average Bonchev–Trinajstić information content (AvgIpc) is 2.97. The lowest BCUT2D eigenvalue weighted by molar-refractivity contribution is -0.384. The van der Waals surface area contributed by atoms with Gasteiger partial charge in [-0.05, 0) is 56.0 Å². The average molecular weight is 576 g/mol. The van der Waals surface area contributed by atoms with Crippen molar-refractivity contribution in [2.24, 2.45) is 5.92 Å².